The SMILES string of the molecule is N#CC1=c2s/c(=C/c3ccc(O)c4ncccc34)c(=O)n2-c2ncn(-c3ccccc3)c(=N)c2C1c1ccco1. The van der Waals surface area contributed by atoms with Gasteiger partial charge in [-0.15, -0.1) is 11.3 Å². The number of phenolic OH excluding ortho intramolecular Hbond substituents is 1. The first-order valence-electron chi connectivity index (χ1n) is 12.3. The molecule has 1 aliphatic heterocycles. The molecule has 0 aliphatic carbocycles. The minimum absolute atomic E-state index is 0.0455. The monoisotopic (exact) mass is 542 g/mol. The first kappa shape index (κ1) is 23.6. The topological polar surface area (TPSA) is 134 Å². The van der Waals surface area contributed by atoms with Gasteiger partial charge in [0.15, 0.2) is 5.82 Å². The number of hydrogen-bond acceptors (Lipinski definition) is 8. The van der Waals surface area contributed by atoms with Crippen LogP contribution < -0.4 is 20.2 Å². The standard InChI is InChI=1S/C30H18N6O3S/c31-15-20-24(22-9-5-13-39-22)25-27(32)35(18-6-2-1-3-7-18)16-34-28(25)36-29(38)23(40-30(20)36)14-17-10-11-21(37)26-19(17)8-4-12-33-26/h1-14,16,24,32,37H/b23-14+,32-27?. The van der Waals surface area contributed by atoms with E-state index in [2.05, 4.69) is 16.0 Å². The maximum Gasteiger partial charge on any atom is 0.274 e. The molecule has 2 aromatic carbocycles. The Bertz CT molecular complexity index is 2240. The Balaban J connectivity index is 1.57. The van der Waals surface area contributed by atoms with E-state index in [9.17, 15) is 20.6 Å². The van der Waals surface area contributed by atoms with Crippen LogP contribution in [-0.2, 0) is 0 Å². The number of rotatable bonds is 3. The number of fused-ring (bicyclic) bond motifs is 4. The maximum absolute atomic E-state index is 13.9. The van der Waals surface area contributed by atoms with Crippen LogP contribution in [0, 0.1) is 16.7 Å². The predicted molar refractivity (Wildman–Crippen MR) is 149 cm³/mol. The number of phenols is 1. The van der Waals surface area contributed by atoms with Crippen molar-refractivity contribution < 1.29 is 9.52 Å². The summed E-state index contributed by atoms with van der Waals surface area (Å²) in [6.07, 6.45) is 6.36. The third-order valence-electron chi connectivity index (χ3n) is 6.93. The summed E-state index contributed by atoms with van der Waals surface area (Å²) in [5, 5.41) is 30.5. The Kier molecular flexibility index (Phi) is 5.33. The molecule has 192 valence electrons. The van der Waals surface area contributed by atoms with Crippen LogP contribution in [0.2, 0.25) is 0 Å². The molecule has 40 heavy (non-hydrogen) atoms. The average Bonchev–Trinajstić information content (AvgIpc) is 3.63. The minimum Gasteiger partial charge on any atom is -0.506 e. The summed E-state index contributed by atoms with van der Waals surface area (Å²) in [5.41, 5.74) is 2.28. The molecule has 10 heteroatoms. The molecule has 7 rings (SSSR count). The van der Waals surface area contributed by atoms with E-state index < -0.39 is 5.92 Å². The Morgan fingerprint density at radius 3 is 2.70 bits per heavy atom. The lowest BCUT2D eigenvalue weighted by Gasteiger charge is -2.23. The molecular formula is C30H18N6O3S. The van der Waals surface area contributed by atoms with Crippen LogP contribution in [0.4, 0.5) is 0 Å². The Labute approximate surface area is 229 Å². The van der Waals surface area contributed by atoms with Gasteiger partial charge in [-0.3, -0.25) is 19.8 Å². The van der Waals surface area contributed by atoms with Crippen LogP contribution in [-0.4, -0.2) is 24.2 Å². The molecule has 0 saturated heterocycles. The molecular weight excluding hydrogens is 524 g/mol. The third kappa shape index (κ3) is 3.46. The normalized spacial score (nSPS) is 14.6. The maximum atomic E-state index is 13.9. The van der Waals surface area contributed by atoms with Crippen molar-refractivity contribution in [3.8, 4) is 23.3 Å². The number of pyridine rings is 1. The van der Waals surface area contributed by atoms with Crippen LogP contribution in [0.5, 0.6) is 5.75 Å². The molecule has 4 aromatic heterocycles. The van der Waals surface area contributed by atoms with Crippen molar-refractivity contribution in [2.24, 2.45) is 0 Å². The van der Waals surface area contributed by atoms with Gasteiger partial charge in [0.25, 0.3) is 5.56 Å². The van der Waals surface area contributed by atoms with E-state index in [1.165, 1.54) is 34.6 Å². The molecule has 1 aliphatic rings. The van der Waals surface area contributed by atoms with E-state index in [0.717, 1.165) is 5.69 Å². The summed E-state index contributed by atoms with van der Waals surface area (Å²) in [4.78, 5) is 22.9. The van der Waals surface area contributed by atoms with E-state index in [1.807, 2.05) is 36.4 Å². The quantitative estimate of drug-likeness (QED) is 0.353. The van der Waals surface area contributed by atoms with Crippen molar-refractivity contribution in [3.05, 3.63) is 127 Å². The molecule has 0 spiro atoms. The molecule has 2 N–H and O–H groups in total. The molecule has 1 atom stereocenters. The van der Waals surface area contributed by atoms with Gasteiger partial charge < -0.3 is 9.52 Å². The molecule has 5 heterocycles. The number of benzene rings is 2. The van der Waals surface area contributed by atoms with Crippen LogP contribution in [0.15, 0.2) is 94.7 Å². The van der Waals surface area contributed by atoms with Crippen molar-refractivity contribution in [2.75, 3.05) is 0 Å². The Morgan fingerprint density at radius 1 is 1.07 bits per heavy atom. The van der Waals surface area contributed by atoms with Gasteiger partial charge in [-0.2, -0.15) is 5.26 Å². The van der Waals surface area contributed by atoms with Crippen molar-refractivity contribution >= 4 is 33.9 Å². The van der Waals surface area contributed by atoms with Gasteiger partial charge in [-0.1, -0.05) is 30.3 Å². The summed E-state index contributed by atoms with van der Waals surface area (Å²) in [5.74, 6) is 0.0813. The van der Waals surface area contributed by atoms with Crippen LogP contribution >= 0.6 is 11.3 Å². The number of nitrogens with one attached hydrogen (secondary N) is 1. The molecule has 0 amide bonds. The fourth-order valence-corrected chi connectivity index (χ4v) is 6.23. The number of nitrogens with zero attached hydrogens (tertiary/aromatic N) is 5. The van der Waals surface area contributed by atoms with Gasteiger partial charge in [0.1, 0.15) is 33.5 Å². The van der Waals surface area contributed by atoms with Gasteiger partial charge in [0, 0.05) is 17.3 Å². The first-order chi connectivity index (χ1) is 19.6. The summed E-state index contributed by atoms with van der Waals surface area (Å²) >= 11 is 1.18. The molecule has 0 bridgehead atoms. The summed E-state index contributed by atoms with van der Waals surface area (Å²) in [7, 11) is 0. The summed E-state index contributed by atoms with van der Waals surface area (Å²) in [6.45, 7) is 0. The van der Waals surface area contributed by atoms with E-state index in [4.69, 9.17) is 4.42 Å². The molecule has 9 nitrogen and oxygen atoms in total. The number of thiazole rings is 1. The molecule has 0 fully saturated rings. The number of aromatic nitrogens is 4. The third-order valence-corrected chi connectivity index (χ3v) is 8.04. The number of furan rings is 1. The fraction of sp³-hybridized carbons (Fsp3) is 0.0333. The van der Waals surface area contributed by atoms with Crippen molar-refractivity contribution in [1.82, 2.24) is 19.1 Å². The lowest BCUT2D eigenvalue weighted by molar-refractivity contribution is 0.480. The second-order valence-electron chi connectivity index (χ2n) is 9.14. The van der Waals surface area contributed by atoms with Crippen LogP contribution in [0.3, 0.4) is 0 Å². The van der Waals surface area contributed by atoms with Crippen molar-refractivity contribution in [3.63, 3.8) is 0 Å². The van der Waals surface area contributed by atoms with Crippen molar-refractivity contribution in [1.29, 1.82) is 10.7 Å². The largest absolute Gasteiger partial charge is 0.506 e. The van der Waals surface area contributed by atoms with Crippen LogP contribution in [0.1, 0.15) is 22.8 Å². The first-order valence-corrected chi connectivity index (χ1v) is 13.1. The zero-order valence-corrected chi connectivity index (χ0v) is 21.5. The average molecular weight is 543 g/mol. The number of nitriles is 1. The lowest BCUT2D eigenvalue weighted by atomic mass is 9.89. The van der Waals surface area contributed by atoms with E-state index in [0.29, 0.717) is 42.6 Å². The molecule has 6 aromatic rings. The Hall–Kier alpha value is -5.53. The molecule has 0 radical (unpaired) electrons. The van der Waals surface area contributed by atoms with E-state index in [-0.39, 0.29) is 22.6 Å². The fourth-order valence-electron chi connectivity index (χ4n) is 5.13. The van der Waals surface area contributed by atoms with Gasteiger partial charge in [-0.05, 0) is 48.0 Å². The van der Waals surface area contributed by atoms with Crippen molar-refractivity contribution in [2.45, 2.75) is 5.92 Å². The highest BCUT2D eigenvalue weighted by Gasteiger charge is 2.35. The second kappa shape index (κ2) is 9.04. The zero-order chi connectivity index (χ0) is 27.4. The second-order valence-corrected chi connectivity index (χ2v) is 10.2. The number of aromatic hydroxyl groups is 1. The van der Waals surface area contributed by atoms with E-state index >= 15 is 0 Å². The number of hydrogen-bond donors (Lipinski definition) is 2. The summed E-state index contributed by atoms with van der Waals surface area (Å²) in [6, 6.07) is 22.0. The highest BCUT2D eigenvalue weighted by Crippen LogP contribution is 2.35. The van der Waals surface area contributed by atoms with Gasteiger partial charge in [-0.25, -0.2) is 9.55 Å². The highest BCUT2D eigenvalue weighted by atomic mass is 32.1. The Morgan fingerprint density at radius 2 is 1.93 bits per heavy atom. The molecule has 0 saturated carbocycles. The van der Waals surface area contributed by atoms with Crippen LogP contribution in [0.25, 0.3) is 34.1 Å². The minimum atomic E-state index is -0.726. The van der Waals surface area contributed by atoms with E-state index in [1.54, 1.807) is 41.1 Å². The predicted octanol–water partition coefficient (Wildman–Crippen LogP) is 3.06. The van der Waals surface area contributed by atoms with Gasteiger partial charge >= 0.3 is 0 Å². The lowest BCUT2D eigenvalue weighted by Crippen LogP contribution is -2.40. The van der Waals surface area contributed by atoms with Gasteiger partial charge in [0.2, 0.25) is 0 Å². The smallest absolute Gasteiger partial charge is 0.274 e. The van der Waals surface area contributed by atoms with Gasteiger partial charge in [0.05, 0.1) is 33.9 Å². The summed E-state index contributed by atoms with van der Waals surface area (Å²) < 4.78 is 9.59. The number of para-hydroxylation sites is 1. The highest BCUT2D eigenvalue weighted by molar-refractivity contribution is 7.07. The molecule has 1 unspecified atom stereocenters. The zero-order valence-electron chi connectivity index (χ0n) is 20.6.